The maximum atomic E-state index is 14.0. The zero-order valence-corrected chi connectivity index (χ0v) is 37.7. The number of aryl methyl sites for hydroxylation is 1. The van der Waals surface area contributed by atoms with Crippen molar-refractivity contribution in [2.75, 3.05) is 128 Å². The minimum atomic E-state index is -1.33. The van der Waals surface area contributed by atoms with E-state index in [1.54, 1.807) is 24.5 Å². The molecule has 2 aliphatic heterocycles. The molecule has 4 heterocycles. The van der Waals surface area contributed by atoms with Gasteiger partial charge in [-0.3, -0.25) is 9.69 Å². The van der Waals surface area contributed by atoms with Crippen LogP contribution in [0.15, 0.2) is 42.1 Å². The number of carbonyl (C=O) groups excluding carboxylic acids is 1. The number of anilines is 2. The minimum absolute atomic E-state index is 0.0183. The second-order valence-corrected chi connectivity index (χ2v) is 17.7. The normalized spacial score (nSPS) is 20.6. The molecule has 2 saturated heterocycles. The van der Waals surface area contributed by atoms with Crippen molar-refractivity contribution in [2.24, 2.45) is 0 Å². The van der Waals surface area contributed by atoms with Gasteiger partial charge in [-0.1, -0.05) is 36.4 Å². The van der Waals surface area contributed by atoms with Crippen LogP contribution in [0.1, 0.15) is 72.5 Å². The third-order valence-corrected chi connectivity index (χ3v) is 12.3. The molecule has 2 fully saturated rings. The van der Waals surface area contributed by atoms with Crippen LogP contribution in [-0.4, -0.2) is 159 Å². The standard InChI is InChI=1S/C45H65ClN8O6S/c1-4-22-57-24-26-59-28-29-60-27-25-58-23-21-52-19-17-51(18-20-52)15-8-14-47-39-13-16-53(34-39)45-35(2)33-54-43(48-45)32-42(49-54)36-9-6-5-7-10-37(30-36)44(55)40-31-38(46)11-12-41(40)50-61(3)56/h1,11-12,30-33,36,39,47,50H,5-10,13-29,34H2,2-3H3/b37-30-/t36-,39+,61?/m1/s1. The molecule has 3 aliphatic rings. The van der Waals surface area contributed by atoms with Gasteiger partial charge in [0, 0.05) is 80.6 Å². The fraction of sp³-hybridized carbons (Fsp3) is 0.622. The number of allylic oxidation sites excluding steroid dienone is 2. The number of hydrogen-bond acceptors (Lipinski definition) is 13. The Kier molecular flexibility index (Phi) is 19.5. The lowest BCUT2D eigenvalue weighted by atomic mass is 9.87. The van der Waals surface area contributed by atoms with Gasteiger partial charge in [0.2, 0.25) is 0 Å². The molecule has 0 bridgehead atoms. The van der Waals surface area contributed by atoms with Gasteiger partial charge in [0.1, 0.15) is 18.7 Å². The number of ether oxygens (including phenoxy) is 4. The zero-order valence-electron chi connectivity index (χ0n) is 36.1. The van der Waals surface area contributed by atoms with Crippen LogP contribution in [0.3, 0.4) is 0 Å². The maximum Gasteiger partial charge on any atom is 0.191 e. The molecule has 16 heteroatoms. The summed E-state index contributed by atoms with van der Waals surface area (Å²) in [6.45, 7) is 15.7. The second kappa shape index (κ2) is 25.1. The Morgan fingerprint density at radius 3 is 2.41 bits per heavy atom. The van der Waals surface area contributed by atoms with E-state index >= 15 is 0 Å². The number of hydrogen-bond donors (Lipinski definition) is 2. The summed E-state index contributed by atoms with van der Waals surface area (Å²) in [4.78, 5) is 26.6. The summed E-state index contributed by atoms with van der Waals surface area (Å²) >= 11 is 5.00. The Balaban J connectivity index is 0.899. The monoisotopic (exact) mass is 880 g/mol. The van der Waals surface area contributed by atoms with E-state index in [0.29, 0.717) is 75.0 Å². The van der Waals surface area contributed by atoms with Crippen molar-refractivity contribution < 1.29 is 28.3 Å². The van der Waals surface area contributed by atoms with Crippen LogP contribution < -0.4 is 14.9 Å². The molecule has 61 heavy (non-hydrogen) atoms. The number of benzene rings is 1. The number of carbonyl (C=O) groups is 1. The molecule has 2 aromatic heterocycles. The fourth-order valence-electron chi connectivity index (χ4n) is 8.28. The van der Waals surface area contributed by atoms with E-state index in [0.717, 1.165) is 132 Å². The van der Waals surface area contributed by atoms with E-state index < -0.39 is 11.4 Å². The SMILES string of the molecule is C#CCOCCOCCOCCOCCN1CCN(CCCN[C@H]2CCN(c3nc4cc([C@H]5/C=C(\C(=O)c6cc(Cl)ccc6N[S+](C)[O-])CCCCC5)nn4cc3C)C2)CC1. The molecule has 0 spiro atoms. The molecule has 14 nitrogen and oxygen atoms in total. The summed E-state index contributed by atoms with van der Waals surface area (Å²) < 4.78 is 38.8. The number of nitrogens with zero attached hydrogens (tertiary/aromatic N) is 6. The minimum Gasteiger partial charge on any atom is -0.593 e. The van der Waals surface area contributed by atoms with Crippen LogP contribution in [-0.2, 0) is 30.3 Å². The van der Waals surface area contributed by atoms with Crippen LogP contribution in [0.4, 0.5) is 11.5 Å². The predicted molar refractivity (Wildman–Crippen MR) is 243 cm³/mol. The van der Waals surface area contributed by atoms with Crippen molar-refractivity contribution in [2.45, 2.75) is 63.8 Å². The van der Waals surface area contributed by atoms with E-state index in [1.165, 1.54) is 0 Å². The first-order valence-corrected chi connectivity index (χ1v) is 23.9. The van der Waals surface area contributed by atoms with E-state index in [4.69, 9.17) is 47.1 Å². The Morgan fingerprint density at radius 1 is 0.951 bits per heavy atom. The molecular weight excluding hydrogens is 816 g/mol. The van der Waals surface area contributed by atoms with Crippen molar-refractivity contribution in [3.8, 4) is 12.3 Å². The number of nitrogens with one attached hydrogen (secondary N) is 2. The number of piperazine rings is 1. The number of fused-ring (bicyclic) bond motifs is 1. The first-order chi connectivity index (χ1) is 29.8. The smallest absolute Gasteiger partial charge is 0.191 e. The highest BCUT2D eigenvalue weighted by atomic mass is 35.5. The number of halogens is 1. The summed E-state index contributed by atoms with van der Waals surface area (Å²) in [5.41, 5.74) is 4.54. The van der Waals surface area contributed by atoms with Crippen molar-refractivity contribution in [1.29, 1.82) is 0 Å². The number of terminal acetylenes is 1. The third-order valence-electron chi connectivity index (χ3n) is 11.5. The quantitative estimate of drug-likeness (QED) is 0.0533. The number of aromatic nitrogens is 3. The lowest BCUT2D eigenvalue weighted by Crippen LogP contribution is -2.47. The average Bonchev–Trinajstić information content (AvgIpc) is 3.88. The summed E-state index contributed by atoms with van der Waals surface area (Å²) in [5, 5.41) is 9.28. The Morgan fingerprint density at radius 2 is 1.67 bits per heavy atom. The average molecular weight is 882 g/mol. The van der Waals surface area contributed by atoms with Gasteiger partial charge in [-0.15, -0.1) is 6.42 Å². The maximum absolute atomic E-state index is 14.0. The molecule has 1 aliphatic carbocycles. The van der Waals surface area contributed by atoms with E-state index in [-0.39, 0.29) is 11.7 Å². The molecule has 0 radical (unpaired) electrons. The van der Waals surface area contributed by atoms with Gasteiger partial charge >= 0.3 is 0 Å². The molecule has 0 amide bonds. The van der Waals surface area contributed by atoms with Gasteiger partial charge in [0.05, 0.1) is 74.6 Å². The van der Waals surface area contributed by atoms with Crippen LogP contribution in [0.25, 0.3) is 5.65 Å². The summed E-state index contributed by atoms with van der Waals surface area (Å²) in [5.74, 6) is 3.33. The first kappa shape index (κ1) is 47.2. The Labute approximate surface area is 370 Å². The molecule has 0 saturated carbocycles. The lowest BCUT2D eigenvalue weighted by molar-refractivity contribution is -0.00258. The summed E-state index contributed by atoms with van der Waals surface area (Å²) in [6.07, 6.45) is 17.7. The molecule has 6 rings (SSSR count). The largest absolute Gasteiger partial charge is 0.593 e. The molecule has 334 valence electrons. The highest BCUT2D eigenvalue weighted by Crippen LogP contribution is 2.33. The number of Topliss-reactive ketones (excluding diaryl/α,β-unsaturated/α-hetero) is 1. The molecular formula is C45H65ClN8O6S. The van der Waals surface area contributed by atoms with Gasteiger partial charge in [-0.2, -0.15) is 5.10 Å². The van der Waals surface area contributed by atoms with Crippen LogP contribution in [0.2, 0.25) is 5.02 Å². The van der Waals surface area contributed by atoms with Gasteiger partial charge in [-0.25, -0.2) is 14.2 Å². The lowest BCUT2D eigenvalue weighted by Gasteiger charge is -2.34. The number of ketones is 1. The topological polar surface area (TPSA) is 141 Å². The molecule has 2 N–H and O–H groups in total. The highest BCUT2D eigenvalue weighted by molar-refractivity contribution is 7.92. The molecule has 1 unspecified atom stereocenters. The Bertz CT molecular complexity index is 1900. The van der Waals surface area contributed by atoms with Gasteiger partial charge in [0.25, 0.3) is 0 Å². The second-order valence-electron chi connectivity index (χ2n) is 16.1. The van der Waals surface area contributed by atoms with Gasteiger partial charge in [-0.05, 0) is 75.9 Å². The van der Waals surface area contributed by atoms with E-state index in [2.05, 4.69) is 55.9 Å². The predicted octanol–water partition coefficient (Wildman–Crippen LogP) is 5.13. The van der Waals surface area contributed by atoms with Crippen LogP contribution in [0, 0.1) is 19.3 Å². The van der Waals surface area contributed by atoms with Gasteiger partial charge < -0.3 is 38.6 Å². The Hall–Kier alpha value is -3.27. The molecule has 3 atom stereocenters. The van der Waals surface area contributed by atoms with Crippen molar-refractivity contribution in [3.05, 3.63) is 64.0 Å². The van der Waals surface area contributed by atoms with Crippen molar-refractivity contribution >= 4 is 45.9 Å². The van der Waals surface area contributed by atoms with Crippen molar-refractivity contribution in [1.82, 2.24) is 29.7 Å². The van der Waals surface area contributed by atoms with Crippen LogP contribution in [0.5, 0.6) is 0 Å². The summed E-state index contributed by atoms with van der Waals surface area (Å²) in [7, 11) is 0. The summed E-state index contributed by atoms with van der Waals surface area (Å²) in [6, 6.07) is 7.60. The molecule has 3 aromatic rings. The third kappa shape index (κ3) is 14.9. The number of rotatable bonds is 24. The van der Waals surface area contributed by atoms with E-state index in [9.17, 15) is 9.35 Å². The first-order valence-electron chi connectivity index (χ1n) is 22.0. The van der Waals surface area contributed by atoms with E-state index in [1.807, 2.05) is 4.52 Å². The zero-order chi connectivity index (χ0) is 42.8. The van der Waals surface area contributed by atoms with Gasteiger partial charge in [0.15, 0.2) is 11.4 Å². The molecule has 1 aromatic carbocycles. The van der Waals surface area contributed by atoms with Crippen LogP contribution >= 0.6 is 11.6 Å². The van der Waals surface area contributed by atoms with Crippen molar-refractivity contribution in [3.63, 3.8) is 0 Å². The fourth-order valence-corrected chi connectivity index (χ4v) is 8.94. The highest BCUT2D eigenvalue weighted by Gasteiger charge is 2.27.